The Morgan fingerprint density at radius 3 is 2.62 bits per heavy atom. The van der Waals surface area contributed by atoms with E-state index < -0.39 is 0 Å². The van der Waals surface area contributed by atoms with Crippen molar-refractivity contribution in [2.45, 2.75) is 39.7 Å². The lowest BCUT2D eigenvalue weighted by Crippen LogP contribution is -2.38. The summed E-state index contributed by atoms with van der Waals surface area (Å²) in [6, 6.07) is 0. The fraction of sp³-hybridized carbons (Fsp3) is 0.923. The van der Waals surface area contributed by atoms with Crippen molar-refractivity contribution < 1.29 is 9.90 Å². The van der Waals surface area contributed by atoms with Crippen molar-refractivity contribution in [2.24, 2.45) is 17.3 Å². The van der Waals surface area contributed by atoms with Crippen molar-refractivity contribution in [3.8, 4) is 0 Å². The molecule has 1 saturated heterocycles. The minimum atomic E-state index is -0.246. The molecule has 2 fully saturated rings. The Labute approximate surface area is 97.8 Å². The van der Waals surface area contributed by atoms with Gasteiger partial charge in [0, 0.05) is 31.0 Å². The molecule has 0 bridgehead atoms. The van der Waals surface area contributed by atoms with Gasteiger partial charge in [0.1, 0.15) is 5.78 Å². The molecule has 3 unspecified atom stereocenters. The van der Waals surface area contributed by atoms with Crippen LogP contribution in [0.3, 0.4) is 0 Å². The van der Waals surface area contributed by atoms with Crippen LogP contribution in [-0.2, 0) is 4.79 Å². The van der Waals surface area contributed by atoms with Gasteiger partial charge in [-0.15, -0.1) is 0 Å². The van der Waals surface area contributed by atoms with Gasteiger partial charge in [-0.1, -0.05) is 13.8 Å². The molecule has 0 aromatic rings. The maximum Gasteiger partial charge on any atom is 0.136 e. The van der Waals surface area contributed by atoms with E-state index in [1.807, 2.05) is 13.8 Å². The molecule has 0 amide bonds. The van der Waals surface area contributed by atoms with Gasteiger partial charge in [-0.05, 0) is 25.7 Å². The van der Waals surface area contributed by atoms with E-state index in [4.69, 9.17) is 0 Å². The SMILES string of the molecule is CC(=O)C(C)(C)CN1CC2CCC(O)C2C1. The number of Topliss-reactive ketones (excluding diaryl/α,β-unsaturated/α-hetero) is 1. The molecule has 0 spiro atoms. The van der Waals surface area contributed by atoms with Crippen LogP contribution in [0.4, 0.5) is 0 Å². The molecule has 0 radical (unpaired) electrons. The topological polar surface area (TPSA) is 40.5 Å². The second kappa shape index (κ2) is 4.11. The van der Waals surface area contributed by atoms with Gasteiger partial charge in [0.25, 0.3) is 0 Å². The van der Waals surface area contributed by atoms with Crippen LogP contribution < -0.4 is 0 Å². The predicted molar refractivity (Wildman–Crippen MR) is 63.1 cm³/mol. The van der Waals surface area contributed by atoms with E-state index >= 15 is 0 Å². The van der Waals surface area contributed by atoms with Crippen molar-refractivity contribution in [2.75, 3.05) is 19.6 Å². The van der Waals surface area contributed by atoms with Crippen LogP contribution in [0.15, 0.2) is 0 Å². The summed E-state index contributed by atoms with van der Waals surface area (Å²) in [6.07, 6.45) is 2.03. The summed E-state index contributed by atoms with van der Waals surface area (Å²) in [5.41, 5.74) is -0.246. The van der Waals surface area contributed by atoms with E-state index in [0.717, 1.165) is 32.5 Å². The van der Waals surface area contributed by atoms with Gasteiger partial charge in [0.15, 0.2) is 0 Å². The molecule has 1 aliphatic heterocycles. The monoisotopic (exact) mass is 225 g/mol. The van der Waals surface area contributed by atoms with E-state index in [1.165, 1.54) is 0 Å². The largest absolute Gasteiger partial charge is 0.393 e. The minimum absolute atomic E-state index is 0.101. The van der Waals surface area contributed by atoms with Crippen molar-refractivity contribution in [1.82, 2.24) is 4.90 Å². The Morgan fingerprint density at radius 1 is 1.38 bits per heavy atom. The maximum atomic E-state index is 11.5. The van der Waals surface area contributed by atoms with Gasteiger partial charge in [0.05, 0.1) is 6.10 Å². The molecule has 2 aliphatic rings. The van der Waals surface area contributed by atoms with Gasteiger partial charge < -0.3 is 10.0 Å². The average Bonchev–Trinajstić information content (AvgIpc) is 2.68. The maximum absolute atomic E-state index is 11.5. The Morgan fingerprint density at radius 2 is 2.06 bits per heavy atom. The van der Waals surface area contributed by atoms with Gasteiger partial charge in [-0.2, -0.15) is 0 Å². The fourth-order valence-corrected chi connectivity index (χ4v) is 3.13. The summed E-state index contributed by atoms with van der Waals surface area (Å²) in [5, 5.41) is 9.83. The second-order valence-electron chi connectivity index (χ2n) is 6.20. The Hall–Kier alpha value is -0.410. The lowest BCUT2D eigenvalue weighted by atomic mass is 9.88. The van der Waals surface area contributed by atoms with Gasteiger partial charge in [-0.3, -0.25) is 4.79 Å². The third-order valence-electron chi connectivity index (χ3n) is 4.47. The Kier molecular flexibility index (Phi) is 3.10. The number of nitrogens with zero attached hydrogens (tertiary/aromatic N) is 1. The number of carbonyl (C=O) groups is 1. The highest BCUT2D eigenvalue weighted by molar-refractivity contribution is 5.81. The summed E-state index contributed by atoms with van der Waals surface area (Å²) >= 11 is 0. The zero-order valence-corrected chi connectivity index (χ0v) is 10.6. The first-order valence-corrected chi connectivity index (χ1v) is 6.31. The van der Waals surface area contributed by atoms with Gasteiger partial charge in [-0.25, -0.2) is 0 Å². The number of likely N-dealkylation sites (tertiary alicyclic amines) is 1. The van der Waals surface area contributed by atoms with Crippen LogP contribution in [0.5, 0.6) is 0 Å². The van der Waals surface area contributed by atoms with Crippen LogP contribution in [0.1, 0.15) is 33.6 Å². The molecule has 0 aromatic carbocycles. The summed E-state index contributed by atoms with van der Waals surface area (Å²) in [7, 11) is 0. The Bertz CT molecular complexity index is 288. The van der Waals surface area contributed by atoms with Crippen molar-refractivity contribution >= 4 is 5.78 Å². The van der Waals surface area contributed by atoms with Gasteiger partial charge in [0.2, 0.25) is 0 Å². The third kappa shape index (κ3) is 2.16. The van der Waals surface area contributed by atoms with E-state index in [-0.39, 0.29) is 17.3 Å². The highest BCUT2D eigenvalue weighted by atomic mass is 16.3. The molecule has 1 saturated carbocycles. The second-order valence-corrected chi connectivity index (χ2v) is 6.20. The third-order valence-corrected chi connectivity index (χ3v) is 4.47. The standard InChI is InChI=1S/C13H23NO2/c1-9(15)13(2,3)8-14-6-10-4-5-12(16)11(10)7-14/h10-12,16H,4-8H2,1-3H3. The normalized spacial score (nSPS) is 35.4. The summed E-state index contributed by atoms with van der Waals surface area (Å²) < 4.78 is 0. The highest BCUT2D eigenvalue weighted by Crippen LogP contribution is 2.39. The molecule has 2 rings (SSSR count). The van der Waals surface area contributed by atoms with Crippen LogP contribution in [0, 0.1) is 17.3 Å². The number of hydrogen-bond donors (Lipinski definition) is 1. The summed E-state index contributed by atoms with van der Waals surface area (Å²) in [4.78, 5) is 13.8. The number of hydrogen-bond acceptors (Lipinski definition) is 3. The quantitative estimate of drug-likeness (QED) is 0.787. The lowest BCUT2D eigenvalue weighted by Gasteiger charge is -2.28. The fourth-order valence-electron chi connectivity index (χ4n) is 3.13. The molecule has 92 valence electrons. The molecule has 1 aliphatic carbocycles. The number of aliphatic hydroxyl groups is 1. The van der Waals surface area contributed by atoms with Crippen LogP contribution >= 0.6 is 0 Å². The number of ketones is 1. The predicted octanol–water partition coefficient (Wildman–Crippen LogP) is 1.30. The first-order chi connectivity index (χ1) is 7.40. The molecular weight excluding hydrogens is 202 g/mol. The lowest BCUT2D eigenvalue weighted by molar-refractivity contribution is -0.125. The average molecular weight is 225 g/mol. The number of aliphatic hydroxyl groups excluding tert-OH is 1. The number of fused-ring (bicyclic) bond motifs is 1. The molecule has 1 N–H and O–H groups in total. The minimum Gasteiger partial charge on any atom is -0.393 e. The highest BCUT2D eigenvalue weighted by Gasteiger charge is 2.43. The van der Waals surface area contributed by atoms with Crippen LogP contribution in [0.25, 0.3) is 0 Å². The van der Waals surface area contributed by atoms with E-state index in [1.54, 1.807) is 6.92 Å². The molecule has 1 heterocycles. The van der Waals surface area contributed by atoms with Crippen molar-refractivity contribution in [3.05, 3.63) is 0 Å². The summed E-state index contributed by atoms with van der Waals surface area (Å²) in [6.45, 7) is 8.58. The van der Waals surface area contributed by atoms with Gasteiger partial charge >= 0.3 is 0 Å². The van der Waals surface area contributed by atoms with E-state index in [0.29, 0.717) is 11.8 Å². The molecule has 3 heteroatoms. The van der Waals surface area contributed by atoms with Crippen molar-refractivity contribution in [1.29, 1.82) is 0 Å². The van der Waals surface area contributed by atoms with E-state index in [2.05, 4.69) is 4.90 Å². The first kappa shape index (κ1) is 12.1. The van der Waals surface area contributed by atoms with E-state index in [9.17, 15) is 9.90 Å². The molecule has 0 aromatic heterocycles. The molecule has 16 heavy (non-hydrogen) atoms. The molecule has 3 atom stereocenters. The molecule has 3 nitrogen and oxygen atoms in total. The first-order valence-electron chi connectivity index (χ1n) is 6.31. The van der Waals surface area contributed by atoms with Crippen LogP contribution in [0.2, 0.25) is 0 Å². The Balaban J connectivity index is 1.93. The van der Waals surface area contributed by atoms with Crippen LogP contribution in [-0.4, -0.2) is 41.5 Å². The molecular formula is C13H23NO2. The zero-order chi connectivity index (χ0) is 11.9. The van der Waals surface area contributed by atoms with Crippen molar-refractivity contribution in [3.63, 3.8) is 0 Å². The number of carbonyl (C=O) groups excluding carboxylic acids is 1. The smallest absolute Gasteiger partial charge is 0.136 e. The number of rotatable bonds is 3. The summed E-state index contributed by atoms with van der Waals surface area (Å²) in [5.74, 6) is 1.38. The zero-order valence-electron chi connectivity index (χ0n) is 10.6.